The van der Waals surface area contributed by atoms with Crippen molar-refractivity contribution in [3.05, 3.63) is 59.1 Å². The summed E-state index contributed by atoms with van der Waals surface area (Å²) in [6.45, 7) is 2.76. The molecule has 0 fully saturated rings. The molecule has 0 saturated carbocycles. The average Bonchev–Trinajstić information content (AvgIpc) is 2.65. The minimum atomic E-state index is -3.59. The SMILES string of the molecule is CCOc1ccc(CCCNC(=O)CN(c2ccc(Cl)cc2)S(C)(=O)=O)cc1. The lowest BCUT2D eigenvalue weighted by Gasteiger charge is -2.22. The lowest BCUT2D eigenvalue weighted by Crippen LogP contribution is -2.40. The van der Waals surface area contributed by atoms with Gasteiger partial charge in [0.25, 0.3) is 0 Å². The summed E-state index contributed by atoms with van der Waals surface area (Å²) in [7, 11) is -3.59. The first kappa shape index (κ1) is 22.0. The van der Waals surface area contributed by atoms with Crippen molar-refractivity contribution in [1.29, 1.82) is 0 Å². The molecule has 2 rings (SSSR count). The summed E-state index contributed by atoms with van der Waals surface area (Å²) in [6, 6.07) is 14.2. The monoisotopic (exact) mass is 424 g/mol. The Balaban J connectivity index is 1.83. The van der Waals surface area contributed by atoms with Crippen LogP contribution in [0.1, 0.15) is 18.9 Å². The van der Waals surface area contributed by atoms with Crippen molar-refractivity contribution in [3.8, 4) is 5.75 Å². The van der Waals surface area contributed by atoms with E-state index in [1.54, 1.807) is 24.3 Å². The van der Waals surface area contributed by atoms with Crippen LogP contribution in [0.4, 0.5) is 5.69 Å². The minimum absolute atomic E-state index is 0.274. The second kappa shape index (κ2) is 10.3. The second-order valence-electron chi connectivity index (χ2n) is 6.28. The third kappa shape index (κ3) is 7.05. The van der Waals surface area contributed by atoms with E-state index in [1.165, 1.54) is 0 Å². The van der Waals surface area contributed by atoms with Crippen LogP contribution in [0.2, 0.25) is 5.02 Å². The molecule has 0 spiro atoms. The van der Waals surface area contributed by atoms with Crippen molar-refractivity contribution in [2.24, 2.45) is 0 Å². The topological polar surface area (TPSA) is 75.7 Å². The van der Waals surface area contributed by atoms with Gasteiger partial charge in [0.05, 0.1) is 18.6 Å². The number of hydrogen-bond acceptors (Lipinski definition) is 4. The Bertz CT molecular complexity index is 868. The minimum Gasteiger partial charge on any atom is -0.494 e. The van der Waals surface area contributed by atoms with Gasteiger partial charge in [-0.1, -0.05) is 23.7 Å². The maximum atomic E-state index is 12.2. The Hall–Kier alpha value is -2.25. The molecule has 0 aliphatic heterocycles. The van der Waals surface area contributed by atoms with Gasteiger partial charge >= 0.3 is 0 Å². The number of carbonyl (C=O) groups excluding carboxylic acids is 1. The van der Waals surface area contributed by atoms with Gasteiger partial charge in [0, 0.05) is 11.6 Å². The van der Waals surface area contributed by atoms with E-state index in [1.807, 2.05) is 31.2 Å². The van der Waals surface area contributed by atoms with Crippen molar-refractivity contribution < 1.29 is 17.9 Å². The number of ether oxygens (including phenoxy) is 1. The van der Waals surface area contributed by atoms with Crippen LogP contribution in [0.15, 0.2) is 48.5 Å². The van der Waals surface area contributed by atoms with Crippen LogP contribution >= 0.6 is 11.6 Å². The van der Waals surface area contributed by atoms with Crippen molar-refractivity contribution in [1.82, 2.24) is 5.32 Å². The van der Waals surface area contributed by atoms with Crippen molar-refractivity contribution in [2.75, 3.05) is 30.3 Å². The fourth-order valence-corrected chi connectivity index (χ4v) is 3.62. The van der Waals surface area contributed by atoms with Gasteiger partial charge in [-0.25, -0.2) is 8.42 Å². The van der Waals surface area contributed by atoms with E-state index in [0.29, 0.717) is 23.9 Å². The normalized spacial score (nSPS) is 11.1. The van der Waals surface area contributed by atoms with Gasteiger partial charge in [0.1, 0.15) is 12.3 Å². The second-order valence-corrected chi connectivity index (χ2v) is 8.62. The summed E-state index contributed by atoms with van der Waals surface area (Å²) in [5, 5.41) is 3.27. The molecule has 0 atom stereocenters. The predicted octanol–water partition coefficient (Wildman–Crippen LogP) is 3.25. The van der Waals surface area contributed by atoms with Crippen LogP contribution < -0.4 is 14.4 Å². The zero-order valence-electron chi connectivity index (χ0n) is 16.0. The molecule has 152 valence electrons. The van der Waals surface area contributed by atoms with Crippen LogP contribution in [-0.2, 0) is 21.2 Å². The molecule has 0 aliphatic carbocycles. The molecular weight excluding hydrogens is 400 g/mol. The summed E-state index contributed by atoms with van der Waals surface area (Å²) in [5.74, 6) is 0.481. The van der Waals surface area contributed by atoms with Crippen LogP contribution in [0.25, 0.3) is 0 Å². The number of rotatable bonds is 10. The number of hydrogen-bond donors (Lipinski definition) is 1. The summed E-state index contributed by atoms with van der Waals surface area (Å²) in [4.78, 5) is 12.2. The highest BCUT2D eigenvalue weighted by Gasteiger charge is 2.20. The molecule has 0 aromatic heterocycles. The molecule has 28 heavy (non-hydrogen) atoms. The Labute approximate surface area is 171 Å². The number of amides is 1. The van der Waals surface area contributed by atoms with E-state index in [0.717, 1.165) is 34.7 Å². The Kier molecular flexibility index (Phi) is 8.14. The lowest BCUT2D eigenvalue weighted by molar-refractivity contribution is -0.119. The highest BCUT2D eigenvalue weighted by molar-refractivity contribution is 7.92. The lowest BCUT2D eigenvalue weighted by atomic mass is 10.1. The molecule has 1 N–H and O–H groups in total. The maximum Gasteiger partial charge on any atom is 0.240 e. The molecule has 0 aliphatic rings. The van der Waals surface area contributed by atoms with Crippen LogP contribution in [-0.4, -0.2) is 40.3 Å². The van der Waals surface area contributed by atoms with Crippen LogP contribution in [0, 0.1) is 0 Å². The first-order valence-electron chi connectivity index (χ1n) is 9.01. The highest BCUT2D eigenvalue weighted by Crippen LogP contribution is 2.20. The summed E-state index contributed by atoms with van der Waals surface area (Å²) < 4.78 is 30.6. The van der Waals surface area contributed by atoms with E-state index in [9.17, 15) is 13.2 Å². The molecule has 0 radical (unpaired) electrons. The molecule has 0 heterocycles. The third-order valence-corrected chi connectivity index (χ3v) is 5.39. The zero-order valence-corrected chi connectivity index (χ0v) is 17.6. The van der Waals surface area contributed by atoms with Crippen molar-refractivity contribution in [3.63, 3.8) is 0 Å². The maximum absolute atomic E-state index is 12.2. The summed E-state index contributed by atoms with van der Waals surface area (Å²) >= 11 is 5.84. The van der Waals surface area contributed by atoms with E-state index in [-0.39, 0.29) is 12.5 Å². The number of benzene rings is 2. The van der Waals surface area contributed by atoms with Gasteiger partial charge < -0.3 is 10.1 Å². The molecular formula is C20H25ClN2O4S. The number of nitrogens with zero attached hydrogens (tertiary/aromatic N) is 1. The number of sulfonamides is 1. The molecule has 0 unspecified atom stereocenters. The molecule has 1 amide bonds. The van der Waals surface area contributed by atoms with Gasteiger partial charge in [-0.2, -0.15) is 0 Å². The first-order valence-corrected chi connectivity index (χ1v) is 11.2. The quantitative estimate of drug-likeness (QED) is 0.594. The van der Waals surface area contributed by atoms with Crippen LogP contribution in [0.3, 0.4) is 0 Å². The van der Waals surface area contributed by atoms with E-state index in [4.69, 9.17) is 16.3 Å². The van der Waals surface area contributed by atoms with Gasteiger partial charge in [-0.3, -0.25) is 9.10 Å². The number of anilines is 1. The van der Waals surface area contributed by atoms with Gasteiger partial charge in [-0.15, -0.1) is 0 Å². The van der Waals surface area contributed by atoms with E-state index in [2.05, 4.69) is 5.32 Å². The number of aryl methyl sites for hydroxylation is 1. The van der Waals surface area contributed by atoms with Crippen molar-refractivity contribution >= 4 is 33.2 Å². The first-order chi connectivity index (χ1) is 13.3. The Morgan fingerprint density at radius 1 is 1.11 bits per heavy atom. The standard InChI is InChI=1S/C20H25ClN2O4S/c1-3-27-19-12-6-16(7-13-19)5-4-14-22-20(24)15-23(28(2,25)26)18-10-8-17(21)9-11-18/h6-13H,3-5,14-15H2,1-2H3,(H,22,24). The third-order valence-electron chi connectivity index (χ3n) is 4.00. The van der Waals surface area contributed by atoms with Gasteiger partial charge in [0.15, 0.2) is 0 Å². The van der Waals surface area contributed by atoms with E-state index < -0.39 is 10.0 Å². The predicted molar refractivity (Wildman–Crippen MR) is 113 cm³/mol. The fraction of sp³-hybridized carbons (Fsp3) is 0.350. The molecule has 6 nitrogen and oxygen atoms in total. The Morgan fingerprint density at radius 3 is 2.32 bits per heavy atom. The summed E-state index contributed by atoms with van der Waals surface area (Å²) in [6.07, 6.45) is 2.63. The molecule has 2 aromatic carbocycles. The van der Waals surface area contributed by atoms with Gasteiger partial charge in [-0.05, 0) is 61.7 Å². The van der Waals surface area contributed by atoms with Crippen molar-refractivity contribution in [2.45, 2.75) is 19.8 Å². The Morgan fingerprint density at radius 2 is 1.75 bits per heavy atom. The van der Waals surface area contributed by atoms with Gasteiger partial charge in [0.2, 0.25) is 15.9 Å². The smallest absolute Gasteiger partial charge is 0.240 e. The number of carbonyl (C=O) groups is 1. The molecule has 0 saturated heterocycles. The number of halogens is 1. The van der Waals surface area contributed by atoms with Crippen LogP contribution in [0.5, 0.6) is 5.75 Å². The molecule has 8 heteroatoms. The fourth-order valence-electron chi connectivity index (χ4n) is 2.63. The highest BCUT2D eigenvalue weighted by atomic mass is 35.5. The molecule has 0 bridgehead atoms. The van der Waals surface area contributed by atoms with E-state index >= 15 is 0 Å². The molecule has 2 aromatic rings. The summed E-state index contributed by atoms with van der Waals surface area (Å²) in [5.41, 5.74) is 1.55. The largest absolute Gasteiger partial charge is 0.494 e. The zero-order chi connectivity index (χ0) is 20.6. The number of nitrogens with one attached hydrogen (secondary N) is 1. The average molecular weight is 425 g/mol.